The summed E-state index contributed by atoms with van der Waals surface area (Å²) >= 11 is 0. The first kappa shape index (κ1) is 11.5. The molecular weight excluding hydrogens is 236 g/mol. The van der Waals surface area contributed by atoms with Crippen LogP contribution in [0, 0.1) is 0 Å². The first-order valence-corrected chi connectivity index (χ1v) is 6.07. The molecule has 3 aromatic rings. The molecule has 92 valence electrons. The zero-order valence-corrected chi connectivity index (χ0v) is 10.2. The maximum atomic E-state index is 11.2. The topological polar surface area (TPSA) is 30.2 Å². The monoisotopic (exact) mass is 248 g/mol. The van der Waals surface area contributed by atoms with Gasteiger partial charge in [0.15, 0.2) is 6.29 Å². The highest BCUT2D eigenvalue weighted by molar-refractivity contribution is 5.94. The van der Waals surface area contributed by atoms with E-state index in [-0.39, 0.29) is 0 Å². The lowest BCUT2D eigenvalue weighted by molar-refractivity contribution is 0.112. The van der Waals surface area contributed by atoms with Crippen molar-refractivity contribution in [3.8, 4) is 22.5 Å². The van der Waals surface area contributed by atoms with Crippen LogP contribution in [0.2, 0.25) is 0 Å². The van der Waals surface area contributed by atoms with Crippen molar-refractivity contribution in [2.24, 2.45) is 0 Å². The second kappa shape index (κ2) is 4.94. The molecular formula is C17H12O2. The predicted octanol–water partition coefficient (Wildman–Crippen LogP) is 4.43. The number of benzene rings is 2. The highest BCUT2D eigenvalue weighted by atomic mass is 16.3. The fourth-order valence-electron chi connectivity index (χ4n) is 2.16. The maximum absolute atomic E-state index is 11.2. The second-order valence-electron chi connectivity index (χ2n) is 4.25. The molecule has 19 heavy (non-hydrogen) atoms. The van der Waals surface area contributed by atoms with Gasteiger partial charge in [0, 0.05) is 11.1 Å². The molecule has 0 amide bonds. The van der Waals surface area contributed by atoms with Gasteiger partial charge in [0.2, 0.25) is 0 Å². The van der Waals surface area contributed by atoms with Crippen molar-refractivity contribution in [3.05, 3.63) is 72.5 Å². The molecule has 0 N–H and O–H groups in total. The summed E-state index contributed by atoms with van der Waals surface area (Å²) < 4.78 is 5.60. The Balaban J connectivity index is 2.23. The maximum Gasteiger partial charge on any atom is 0.153 e. The summed E-state index contributed by atoms with van der Waals surface area (Å²) in [7, 11) is 0. The highest BCUT2D eigenvalue weighted by Gasteiger charge is 2.16. The van der Waals surface area contributed by atoms with Gasteiger partial charge < -0.3 is 4.42 Å². The van der Waals surface area contributed by atoms with E-state index in [2.05, 4.69) is 0 Å². The molecule has 0 saturated carbocycles. The fraction of sp³-hybridized carbons (Fsp3) is 0. The van der Waals surface area contributed by atoms with Gasteiger partial charge in [-0.2, -0.15) is 0 Å². The Morgan fingerprint density at radius 3 is 1.95 bits per heavy atom. The number of aldehydes is 1. The van der Waals surface area contributed by atoms with Gasteiger partial charge in [-0.3, -0.25) is 4.79 Å². The summed E-state index contributed by atoms with van der Waals surface area (Å²) in [6, 6.07) is 19.6. The standard InChI is InChI=1S/C17H12O2/c18-11-15-12-19-17(14-9-5-2-6-10-14)16(15)13-7-3-1-4-8-13/h1-12H. The summed E-state index contributed by atoms with van der Waals surface area (Å²) in [6.07, 6.45) is 2.34. The first-order chi connectivity index (χ1) is 9.40. The van der Waals surface area contributed by atoms with Crippen molar-refractivity contribution in [1.29, 1.82) is 0 Å². The van der Waals surface area contributed by atoms with E-state index in [9.17, 15) is 4.79 Å². The minimum atomic E-state index is 0.574. The zero-order valence-electron chi connectivity index (χ0n) is 10.2. The summed E-state index contributed by atoms with van der Waals surface area (Å²) in [5.74, 6) is 0.730. The molecule has 0 aliphatic carbocycles. The first-order valence-electron chi connectivity index (χ1n) is 6.07. The number of hydrogen-bond donors (Lipinski definition) is 0. The Morgan fingerprint density at radius 1 is 0.789 bits per heavy atom. The summed E-state index contributed by atoms with van der Waals surface area (Å²) in [6.45, 7) is 0. The van der Waals surface area contributed by atoms with Gasteiger partial charge in [0.05, 0.1) is 5.56 Å². The minimum absolute atomic E-state index is 0.574. The van der Waals surface area contributed by atoms with E-state index < -0.39 is 0 Å². The molecule has 0 bridgehead atoms. The van der Waals surface area contributed by atoms with Crippen LogP contribution in [-0.2, 0) is 0 Å². The Morgan fingerprint density at radius 2 is 1.37 bits per heavy atom. The van der Waals surface area contributed by atoms with Crippen molar-refractivity contribution in [1.82, 2.24) is 0 Å². The van der Waals surface area contributed by atoms with Crippen molar-refractivity contribution < 1.29 is 9.21 Å². The molecule has 0 unspecified atom stereocenters. The van der Waals surface area contributed by atoms with Crippen LogP contribution in [-0.4, -0.2) is 6.29 Å². The van der Waals surface area contributed by atoms with Crippen molar-refractivity contribution in [3.63, 3.8) is 0 Å². The van der Waals surface area contributed by atoms with Crippen LogP contribution >= 0.6 is 0 Å². The average Bonchev–Trinajstić information content (AvgIpc) is 2.93. The smallest absolute Gasteiger partial charge is 0.153 e. The van der Waals surface area contributed by atoms with Gasteiger partial charge in [0.1, 0.15) is 12.0 Å². The van der Waals surface area contributed by atoms with E-state index in [1.807, 2.05) is 60.7 Å². The number of carbonyl (C=O) groups excluding carboxylic acids is 1. The molecule has 1 heterocycles. The predicted molar refractivity (Wildman–Crippen MR) is 75.0 cm³/mol. The van der Waals surface area contributed by atoms with Gasteiger partial charge in [0.25, 0.3) is 0 Å². The zero-order chi connectivity index (χ0) is 13.1. The number of hydrogen-bond acceptors (Lipinski definition) is 2. The van der Waals surface area contributed by atoms with E-state index in [0.717, 1.165) is 28.7 Å². The average molecular weight is 248 g/mol. The van der Waals surface area contributed by atoms with Crippen LogP contribution in [0.3, 0.4) is 0 Å². The largest absolute Gasteiger partial charge is 0.463 e. The Hall–Kier alpha value is -2.61. The lowest BCUT2D eigenvalue weighted by Gasteiger charge is -2.04. The summed E-state index contributed by atoms with van der Waals surface area (Å²) in [5, 5.41) is 0. The molecule has 2 nitrogen and oxygen atoms in total. The minimum Gasteiger partial charge on any atom is -0.463 e. The number of carbonyl (C=O) groups is 1. The molecule has 0 atom stereocenters. The van der Waals surface area contributed by atoms with Crippen LogP contribution in [0.15, 0.2) is 71.3 Å². The third kappa shape index (κ3) is 2.08. The van der Waals surface area contributed by atoms with Gasteiger partial charge in [-0.1, -0.05) is 60.7 Å². The van der Waals surface area contributed by atoms with E-state index in [4.69, 9.17) is 4.42 Å². The number of furan rings is 1. The molecule has 3 rings (SSSR count). The highest BCUT2D eigenvalue weighted by Crippen LogP contribution is 2.35. The van der Waals surface area contributed by atoms with Gasteiger partial charge in [-0.25, -0.2) is 0 Å². The van der Waals surface area contributed by atoms with Crippen LogP contribution in [0.4, 0.5) is 0 Å². The van der Waals surface area contributed by atoms with E-state index in [1.165, 1.54) is 6.26 Å². The molecule has 2 heteroatoms. The molecule has 0 spiro atoms. The Bertz CT molecular complexity index is 682. The van der Waals surface area contributed by atoms with Crippen LogP contribution in [0.1, 0.15) is 10.4 Å². The van der Waals surface area contributed by atoms with Crippen molar-refractivity contribution in [2.45, 2.75) is 0 Å². The lowest BCUT2D eigenvalue weighted by atomic mass is 9.99. The molecule has 0 saturated heterocycles. The molecule has 2 aromatic carbocycles. The molecule has 0 aliphatic heterocycles. The normalized spacial score (nSPS) is 10.3. The molecule has 0 radical (unpaired) electrons. The van der Waals surface area contributed by atoms with Crippen molar-refractivity contribution >= 4 is 6.29 Å². The molecule has 0 aliphatic rings. The quantitative estimate of drug-likeness (QED) is 0.642. The molecule has 0 fully saturated rings. The summed E-state index contributed by atoms with van der Waals surface area (Å²) in [4.78, 5) is 11.2. The van der Waals surface area contributed by atoms with Gasteiger partial charge >= 0.3 is 0 Å². The van der Waals surface area contributed by atoms with E-state index >= 15 is 0 Å². The Kier molecular flexibility index (Phi) is 2.99. The SMILES string of the molecule is O=Cc1coc(-c2ccccc2)c1-c1ccccc1. The van der Waals surface area contributed by atoms with Gasteiger partial charge in [-0.15, -0.1) is 0 Å². The fourth-order valence-corrected chi connectivity index (χ4v) is 2.16. The number of rotatable bonds is 3. The van der Waals surface area contributed by atoms with Gasteiger partial charge in [-0.05, 0) is 5.56 Å². The van der Waals surface area contributed by atoms with E-state index in [0.29, 0.717) is 5.56 Å². The van der Waals surface area contributed by atoms with Crippen LogP contribution in [0.5, 0.6) is 0 Å². The lowest BCUT2D eigenvalue weighted by Crippen LogP contribution is -1.84. The summed E-state index contributed by atoms with van der Waals surface area (Å²) in [5.41, 5.74) is 3.37. The second-order valence-corrected chi connectivity index (χ2v) is 4.25. The third-order valence-electron chi connectivity index (χ3n) is 3.04. The van der Waals surface area contributed by atoms with E-state index in [1.54, 1.807) is 0 Å². The third-order valence-corrected chi connectivity index (χ3v) is 3.04. The van der Waals surface area contributed by atoms with Crippen molar-refractivity contribution in [2.75, 3.05) is 0 Å². The van der Waals surface area contributed by atoms with Crippen LogP contribution < -0.4 is 0 Å². The van der Waals surface area contributed by atoms with Crippen LogP contribution in [0.25, 0.3) is 22.5 Å². The molecule has 1 aromatic heterocycles. The Labute approximate surface area is 111 Å².